The molecule has 0 saturated heterocycles. The molecule has 0 bridgehead atoms. The first-order valence-corrected chi connectivity index (χ1v) is 13.3. The number of carbonyl (C=O) groups excluding carboxylic acids is 3. The Kier molecular flexibility index (Phi) is 24.5. The van der Waals surface area contributed by atoms with Crippen LogP contribution in [-0.4, -0.2) is 127 Å². The Balaban J connectivity index is 0.00000742. The van der Waals surface area contributed by atoms with Crippen LogP contribution in [0.2, 0.25) is 0 Å². The van der Waals surface area contributed by atoms with Gasteiger partial charge in [-0.2, -0.15) is 0 Å². The van der Waals surface area contributed by atoms with Crippen molar-refractivity contribution in [2.75, 3.05) is 111 Å². The van der Waals surface area contributed by atoms with Gasteiger partial charge in [-0.3, -0.25) is 14.5 Å². The number of nitrogens with two attached hydrogens (primary N) is 3. The number of aldehydes is 1. The normalized spacial score (nSPS) is 10.6. The lowest BCUT2D eigenvalue weighted by Crippen LogP contribution is -2.41. The molecule has 0 saturated carbocycles. The van der Waals surface area contributed by atoms with Crippen LogP contribution in [0.4, 0.5) is 11.4 Å². The van der Waals surface area contributed by atoms with E-state index >= 15 is 0 Å². The third-order valence-corrected chi connectivity index (χ3v) is 5.23. The van der Waals surface area contributed by atoms with E-state index < -0.39 is 0 Å². The number of aliphatic hydroxyl groups excluding tert-OH is 1. The molecular formula is C26H48N6O8. The van der Waals surface area contributed by atoms with Crippen LogP contribution in [0.15, 0.2) is 18.2 Å². The molecule has 0 heterocycles. The molecule has 0 spiro atoms. The third-order valence-electron chi connectivity index (χ3n) is 5.23. The van der Waals surface area contributed by atoms with Gasteiger partial charge >= 0.3 is 0 Å². The summed E-state index contributed by atoms with van der Waals surface area (Å²) in [6.45, 7) is 6.51. The van der Waals surface area contributed by atoms with Gasteiger partial charge in [0, 0.05) is 64.8 Å². The standard InChI is InChI=1S/C25H44N6O7.CH4O/c26-5-8-31(10-7-30-25(34)21-2-3-22(27)23(28)20-21)9-6-29-24(33)4-13-36-15-17-38-19-18-37-16-14-35-12-1-11-32;1-2/h2-3,11,20H,1,4-10,12-19,26-28H2,(H,29,33)(H,30,34);2H,1H3. The number of hydrogen-bond donors (Lipinski definition) is 6. The molecule has 14 heteroatoms. The molecule has 1 rings (SSSR count). The van der Waals surface area contributed by atoms with Crippen molar-refractivity contribution in [3.8, 4) is 0 Å². The van der Waals surface area contributed by atoms with Gasteiger partial charge in [0.2, 0.25) is 5.91 Å². The van der Waals surface area contributed by atoms with Crippen LogP contribution in [0.5, 0.6) is 0 Å². The fourth-order valence-electron chi connectivity index (χ4n) is 3.16. The van der Waals surface area contributed by atoms with Crippen LogP contribution in [0.1, 0.15) is 23.2 Å². The fraction of sp³-hybridized carbons (Fsp3) is 0.654. The summed E-state index contributed by atoms with van der Waals surface area (Å²) in [5, 5.41) is 12.7. The van der Waals surface area contributed by atoms with Crippen LogP contribution >= 0.6 is 0 Å². The molecule has 1 aromatic carbocycles. The molecule has 40 heavy (non-hydrogen) atoms. The van der Waals surface area contributed by atoms with Crippen LogP contribution in [0, 0.1) is 0 Å². The monoisotopic (exact) mass is 572 g/mol. The van der Waals surface area contributed by atoms with Crippen LogP contribution in [0.3, 0.4) is 0 Å². The summed E-state index contributed by atoms with van der Waals surface area (Å²) in [6, 6.07) is 4.77. The van der Waals surface area contributed by atoms with Crippen LogP contribution < -0.4 is 27.8 Å². The summed E-state index contributed by atoms with van der Waals surface area (Å²) >= 11 is 0. The van der Waals surface area contributed by atoms with E-state index in [0.717, 1.165) is 13.4 Å². The second kappa shape index (κ2) is 26.4. The number of anilines is 2. The molecule has 0 fully saturated rings. The Hall–Kier alpha value is -2.85. The second-order valence-corrected chi connectivity index (χ2v) is 8.23. The van der Waals surface area contributed by atoms with E-state index in [-0.39, 0.29) is 18.2 Å². The predicted molar refractivity (Wildman–Crippen MR) is 153 cm³/mol. The maximum Gasteiger partial charge on any atom is 0.251 e. The molecule has 0 aromatic heterocycles. The van der Waals surface area contributed by atoms with Crippen LogP contribution in [-0.2, 0) is 28.5 Å². The predicted octanol–water partition coefficient (Wildman–Crippen LogP) is -1.39. The van der Waals surface area contributed by atoms with Crippen molar-refractivity contribution in [1.29, 1.82) is 0 Å². The van der Waals surface area contributed by atoms with Gasteiger partial charge in [-0.25, -0.2) is 0 Å². The largest absolute Gasteiger partial charge is 0.400 e. The first kappa shape index (κ1) is 37.1. The van der Waals surface area contributed by atoms with Gasteiger partial charge in [-0.15, -0.1) is 0 Å². The van der Waals surface area contributed by atoms with E-state index in [1.54, 1.807) is 18.2 Å². The Bertz CT molecular complexity index is 802. The number of benzene rings is 1. The highest BCUT2D eigenvalue weighted by atomic mass is 16.6. The number of amides is 2. The molecule has 0 aliphatic carbocycles. The average molecular weight is 573 g/mol. The highest BCUT2D eigenvalue weighted by molar-refractivity contribution is 5.95. The van der Waals surface area contributed by atoms with Crippen molar-refractivity contribution in [2.45, 2.75) is 12.8 Å². The van der Waals surface area contributed by atoms with Crippen molar-refractivity contribution in [3.05, 3.63) is 23.8 Å². The summed E-state index contributed by atoms with van der Waals surface area (Å²) in [4.78, 5) is 36.5. The van der Waals surface area contributed by atoms with Crippen molar-refractivity contribution in [2.24, 2.45) is 5.73 Å². The third kappa shape index (κ3) is 20.1. The smallest absolute Gasteiger partial charge is 0.251 e. The SMILES string of the molecule is CO.NCCN(CCNC(=O)CCOCCOCCOCCOCCC=O)CCNC(=O)c1ccc(N)c(N)c1. The van der Waals surface area contributed by atoms with Gasteiger partial charge in [0.15, 0.2) is 0 Å². The zero-order chi connectivity index (χ0) is 29.8. The average Bonchev–Trinajstić information content (AvgIpc) is 2.95. The van der Waals surface area contributed by atoms with Crippen molar-refractivity contribution in [1.82, 2.24) is 15.5 Å². The van der Waals surface area contributed by atoms with E-state index in [1.165, 1.54) is 0 Å². The van der Waals surface area contributed by atoms with Crippen molar-refractivity contribution < 1.29 is 38.4 Å². The number of aliphatic hydroxyl groups is 1. The highest BCUT2D eigenvalue weighted by Gasteiger charge is 2.09. The number of rotatable bonds is 24. The zero-order valence-corrected chi connectivity index (χ0v) is 23.6. The number of ether oxygens (including phenoxy) is 4. The first-order valence-electron chi connectivity index (χ1n) is 13.3. The van der Waals surface area contributed by atoms with Gasteiger partial charge < -0.3 is 56.7 Å². The van der Waals surface area contributed by atoms with Gasteiger partial charge in [-0.05, 0) is 18.2 Å². The Morgan fingerprint density at radius 3 is 1.93 bits per heavy atom. The maximum absolute atomic E-state index is 12.3. The fourth-order valence-corrected chi connectivity index (χ4v) is 3.16. The lowest BCUT2D eigenvalue weighted by atomic mass is 10.1. The summed E-state index contributed by atoms with van der Waals surface area (Å²) in [5.41, 5.74) is 18.4. The molecule has 1 aromatic rings. The number of hydrogen-bond acceptors (Lipinski definition) is 12. The molecule has 9 N–H and O–H groups in total. The molecular weight excluding hydrogens is 524 g/mol. The molecule has 14 nitrogen and oxygen atoms in total. The highest BCUT2D eigenvalue weighted by Crippen LogP contribution is 2.15. The minimum atomic E-state index is -0.231. The Labute approximate surface area is 236 Å². The molecule has 0 atom stereocenters. The Morgan fingerprint density at radius 1 is 0.825 bits per heavy atom. The second-order valence-electron chi connectivity index (χ2n) is 8.23. The van der Waals surface area contributed by atoms with Crippen molar-refractivity contribution >= 4 is 29.5 Å². The van der Waals surface area contributed by atoms with E-state index in [2.05, 4.69) is 15.5 Å². The summed E-state index contributed by atoms with van der Waals surface area (Å²) < 4.78 is 21.3. The van der Waals surface area contributed by atoms with Gasteiger partial charge in [0.1, 0.15) is 6.29 Å². The zero-order valence-electron chi connectivity index (χ0n) is 23.6. The minimum Gasteiger partial charge on any atom is -0.400 e. The van der Waals surface area contributed by atoms with E-state index in [9.17, 15) is 14.4 Å². The van der Waals surface area contributed by atoms with Crippen molar-refractivity contribution in [3.63, 3.8) is 0 Å². The molecule has 0 aliphatic rings. The maximum atomic E-state index is 12.3. The molecule has 0 unspecified atom stereocenters. The lowest BCUT2D eigenvalue weighted by Gasteiger charge is -2.22. The Morgan fingerprint density at radius 2 is 1.38 bits per heavy atom. The van der Waals surface area contributed by atoms with Gasteiger partial charge in [0.25, 0.3) is 5.91 Å². The number of carbonyl (C=O) groups is 3. The van der Waals surface area contributed by atoms with Gasteiger partial charge in [-0.1, -0.05) is 0 Å². The summed E-state index contributed by atoms with van der Waals surface area (Å²) in [6.07, 6.45) is 1.46. The first-order chi connectivity index (χ1) is 19.5. The molecule has 0 aliphatic heterocycles. The minimum absolute atomic E-state index is 0.100. The van der Waals surface area contributed by atoms with E-state index in [4.69, 9.17) is 41.3 Å². The number of nitrogen functional groups attached to an aromatic ring is 2. The summed E-state index contributed by atoms with van der Waals surface area (Å²) in [5.74, 6) is -0.332. The topological polar surface area (TPSA) is 214 Å². The van der Waals surface area contributed by atoms with Gasteiger partial charge in [0.05, 0.1) is 64.2 Å². The molecule has 0 radical (unpaired) electrons. The lowest BCUT2D eigenvalue weighted by molar-refractivity contribution is -0.122. The van der Waals surface area contributed by atoms with E-state index in [1.807, 2.05) is 0 Å². The summed E-state index contributed by atoms with van der Waals surface area (Å²) in [7, 11) is 1.00. The number of nitrogens with zero attached hydrogens (tertiary/aromatic N) is 1. The number of nitrogens with one attached hydrogen (secondary N) is 2. The quantitative estimate of drug-likeness (QED) is 0.0480. The van der Waals surface area contributed by atoms with E-state index in [0.29, 0.717) is 115 Å². The van der Waals surface area contributed by atoms with Crippen LogP contribution in [0.25, 0.3) is 0 Å². The molecule has 2 amide bonds. The molecule has 230 valence electrons.